The summed E-state index contributed by atoms with van der Waals surface area (Å²) < 4.78 is 12.4. The van der Waals surface area contributed by atoms with E-state index in [4.69, 9.17) is 0 Å². The topological polar surface area (TPSA) is 24.9 Å². The van der Waals surface area contributed by atoms with Gasteiger partial charge in [-0.25, -0.2) is 9.37 Å². The van der Waals surface area contributed by atoms with Crippen LogP contribution in [-0.2, 0) is 0 Å². The summed E-state index contributed by atoms with van der Waals surface area (Å²) in [5.41, 5.74) is 0.839. The highest BCUT2D eigenvalue weighted by molar-refractivity contribution is 9.10. The zero-order valence-corrected chi connectivity index (χ0v) is 7.44. The molecule has 1 N–H and O–H groups in total. The van der Waals surface area contributed by atoms with E-state index in [0.29, 0.717) is 6.54 Å². The van der Waals surface area contributed by atoms with Crippen LogP contribution in [0.3, 0.4) is 0 Å². The molecule has 0 bridgehead atoms. The molecular weight excluding hydrogens is 211 g/mol. The molecule has 1 aromatic heterocycles. The minimum atomic E-state index is -0.365. The number of hydrogen-bond donors (Lipinski definition) is 1. The van der Waals surface area contributed by atoms with Gasteiger partial charge in [0.2, 0.25) is 0 Å². The van der Waals surface area contributed by atoms with Crippen LogP contribution in [0.5, 0.6) is 0 Å². The van der Waals surface area contributed by atoms with E-state index in [9.17, 15) is 4.39 Å². The molecule has 0 fully saturated rings. The summed E-state index contributed by atoms with van der Waals surface area (Å²) in [6.45, 7) is -0.0284. The van der Waals surface area contributed by atoms with Crippen molar-refractivity contribution in [3.63, 3.8) is 0 Å². The molecule has 0 saturated heterocycles. The molecule has 0 amide bonds. The molecule has 0 aliphatic heterocycles. The van der Waals surface area contributed by atoms with Gasteiger partial charge in [-0.05, 0) is 28.1 Å². The molecule has 2 nitrogen and oxygen atoms in total. The molecule has 4 heteroatoms. The van der Waals surface area contributed by atoms with Crippen LogP contribution in [0.25, 0.3) is 0 Å². The largest absolute Gasteiger partial charge is 0.381 e. The van der Waals surface area contributed by atoms with Gasteiger partial charge in [-0.15, -0.1) is 0 Å². The molecule has 1 rings (SSSR count). The van der Waals surface area contributed by atoms with Gasteiger partial charge < -0.3 is 5.32 Å². The van der Waals surface area contributed by atoms with Crippen LogP contribution in [0.2, 0.25) is 0 Å². The zero-order valence-electron chi connectivity index (χ0n) is 5.85. The van der Waals surface area contributed by atoms with E-state index in [0.717, 1.165) is 10.3 Å². The molecule has 0 aromatic carbocycles. The molecule has 60 valence electrons. The fourth-order valence-corrected chi connectivity index (χ4v) is 0.907. The molecule has 0 radical (unpaired) electrons. The van der Waals surface area contributed by atoms with Crippen LogP contribution >= 0.6 is 15.9 Å². The van der Waals surface area contributed by atoms with E-state index in [-0.39, 0.29) is 6.67 Å². The summed E-state index contributed by atoms with van der Waals surface area (Å²) in [7, 11) is 0. The van der Waals surface area contributed by atoms with Crippen molar-refractivity contribution in [1.82, 2.24) is 4.98 Å². The lowest BCUT2D eigenvalue weighted by molar-refractivity contribution is 0.512. The first-order chi connectivity index (χ1) is 5.33. The van der Waals surface area contributed by atoms with Crippen LogP contribution in [0, 0.1) is 0 Å². The molecule has 0 atom stereocenters. The maximum atomic E-state index is 11.7. The maximum Gasteiger partial charge on any atom is 0.107 e. The smallest absolute Gasteiger partial charge is 0.107 e. The number of alkyl halides is 1. The Labute approximate surface area is 73.0 Å². The summed E-state index contributed by atoms with van der Waals surface area (Å²) in [6.07, 6.45) is 1.65. The van der Waals surface area contributed by atoms with Gasteiger partial charge in [-0.1, -0.05) is 0 Å². The van der Waals surface area contributed by atoms with Crippen molar-refractivity contribution in [2.45, 2.75) is 0 Å². The van der Waals surface area contributed by atoms with Crippen LogP contribution in [-0.4, -0.2) is 18.2 Å². The second-order valence-electron chi connectivity index (χ2n) is 1.99. The number of aromatic nitrogens is 1. The van der Waals surface area contributed by atoms with Gasteiger partial charge in [0, 0.05) is 6.54 Å². The summed E-state index contributed by atoms with van der Waals surface area (Å²) in [6, 6.07) is 3.65. The van der Waals surface area contributed by atoms with Crippen molar-refractivity contribution in [2.75, 3.05) is 18.5 Å². The Morgan fingerprint density at radius 2 is 2.36 bits per heavy atom. The SMILES string of the molecule is FCCNc1ccc(Br)nc1. The third kappa shape index (κ3) is 2.84. The minimum Gasteiger partial charge on any atom is -0.381 e. The van der Waals surface area contributed by atoms with E-state index in [2.05, 4.69) is 26.2 Å². The average Bonchev–Trinajstić information content (AvgIpc) is 2.04. The number of rotatable bonds is 3. The normalized spacial score (nSPS) is 9.64. The van der Waals surface area contributed by atoms with Crippen LogP contribution in [0.4, 0.5) is 10.1 Å². The maximum absolute atomic E-state index is 11.7. The summed E-state index contributed by atoms with van der Waals surface area (Å²) in [5.74, 6) is 0. The van der Waals surface area contributed by atoms with Crippen molar-refractivity contribution in [3.8, 4) is 0 Å². The van der Waals surface area contributed by atoms with Crippen molar-refractivity contribution < 1.29 is 4.39 Å². The van der Waals surface area contributed by atoms with Gasteiger partial charge in [0.05, 0.1) is 11.9 Å². The quantitative estimate of drug-likeness (QED) is 0.788. The van der Waals surface area contributed by atoms with Gasteiger partial charge in [0.1, 0.15) is 11.3 Å². The summed E-state index contributed by atoms with van der Waals surface area (Å²) >= 11 is 3.20. The van der Waals surface area contributed by atoms with Crippen molar-refractivity contribution in [1.29, 1.82) is 0 Å². The highest BCUT2D eigenvalue weighted by Crippen LogP contribution is 2.09. The first kappa shape index (κ1) is 8.46. The lowest BCUT2D eigenvalue weighted by Gasteiger charge is -2.01. The average molecular weight is 219 g/mol. The van der Waals surface area contributed by atoms with Crippen molar-refractivity contribution in [2.24, 2.45) is 0 Å². The predicted octanol–water partition coefficient (Wildman–Crippen LogP) is 2.23. The highest BCUT2D eigenvalue weighted by atomic mass is 79.9. The third-order valence-corrected chi connectivity index (χ3v) is 1.62. The van der Waals surface area contributed by atoms with E-state index in [1.807, 2.05) is 6.07 Å². The summed E-state index contributed by atoms with van der Waals surface area (Å²) in [4.78, 5) is 3.96. The van der Waals surface area contributed by atoms with Gasteiger partial charge in [-0.3, -0.25) is 0 Å². The Morgan fingerprint density at radius 3 is 2.91 bits per heavy atom. The first-order valence-corrected chi connectivity index (χ1v) is 4.03. The minimum absolute atomic E-state index is 0.337. The number of hydrogen-bond acceptors (Lipinski definition) is 2. The van der Waals surface area contributed by atoms with Gasteiger partial charge in [0.25, 0.3) is 0 Å². The van der Waals surface area contributed by atoms with Gasteiger partial charge in [-0.2, -0.15) is 0 Å². The van der Waals surface area contributed by atoms with Crippen LogP contribution < -0.4 is 5.32 Å². The molecule has 11 heavy (non-hydrogen) atoms. The number of pyridine rings is 1. The Balaban J connectivity index is 2.52. The monoisotopic (exact) mass is 218 g/mol. The molecular formula is C7H8BrFN2. The van der Waals surface area contributed by atoms with E-state index >= 15 is 0 Å². The zero-order chi connectivity index (χ0) is 8.10. The second-order valence-corrected chi connectivity index (χ2v) is 2.80. The molecule has 1 heterocycles. The van der Waals surface area contributed by atoms with E-state index in [1.165, 1.54) is 0 Å². The molecule has 0 unspecified atom stereocenters. The molecule has 0 spiro atoms. The molecule has 0 aliphatic carbocycles. The molecule has 0 saturated carbocycles. The van der Waals surface area contributed by atoms with E-state index in [1.54, 1.807) is 12.3 Å². The van der Waals surface area contributed by atoms with Gasteiger partial charge >= 0.3 is 0 Å². The third-order valence-electron chi connectivity index (χ3n) is 1.15. The summed E-state index contributed by atoms with van der Waals surface area (Å²) in [5, 5.41) is 2.86. The number of halogens is 2. The fourth-order valence-electron chi connectivity index (χ4n) is 0.672. The Morgan fingerprint density at radius 1 is 1.55 bits per heavy atom. The standard InChI is InChI=1S/C7H8BrFN2/c8-7-2-1-6(5-11-7)10-4-3-9/h1-2,5,10H,3-4H2. The van der Waals surface area contributed by atoms with Crippen molar-refractivity contribution in [3.05, 3.63) is 22.9 Å². The highest BCUT2D eigenvalue weighted by Gasteiger charge is 1.90. The number of nitrogens with zero attached hydrogens (tertiary/aromatic N) is 1. The van der Waals surface area contributed by atoms with Gasteiger partial charge in [0.15, 0.2) is 0 Å². The van der Waals surface area contributed by atoms with E-state index < -0.39 is 0 Å². The number of anilines is 1. The Kier molecular flexibility index (Phi) is 3.29. The van der Waals surface area contributed by atoms with Crippen LogP contribution in [0.15, 0.2) is 22.9 Å². The Hall–Kier alpha value is -0.640. The number of nitrogens with one attached hydrogen (secondary N) is 1. The first-order valence-electron chi connectivity index (χ1n) is 3.24. The predicted molar refractivity (Wildman–Crippen MR) is 46.4 cm³/mol. The lowest BCUT2D eigenvalue weighted by atomic mass is 10.4. The molecule has 0 aliphatic rings. The fraction of sp³-hybridized carbons (Fsp3) is 0.286. The van der Waals surface area contributed by atoms with Crippen molar-refractivity contribution >= 4 is 21.6 Å². The molecule has 1 aromatic rings. The van der Waals surface area contributed by atoms with Crippen LogP contribution in [0.1, 0.15) is 0 Å². The second kappa shape index (κ2) is 4.28. The Bertz CT molecular complexity index is 212. The lowest BCUT2D eigenvalue weighted by Crippen LogP contribution is -2.02.